The van der Waals surface area contributed by atoms with E-state index >= 15 is 0 Å². The summed E-state index contributed by atoms with van der Waals surface area (Å²) >= 11 is 0. The number of nitrogens with one attached hydrogen (secondary N) is 1. The molecule has 0 fully saturated rings. The molecular weight excluding hydrogens is 372 g/mol. The van der Waals surface area contributed by atoms with Gasteiger partial charge in [-0.15, -0.1) is 5.11 Å². The minimum absolute atomic E-state index is 0.0635. The molecule has 29 heavy (non-hydrogen) atoms. The van der Waals surface area contributed by atoms with Gasteiger partial charge in [0, 0.05) is 31.7 Å². The lowest BCUT2D eigenvalue weighted by molar-refractivity contribution is -0.137. The van der Waals surface area contributed by atoms with Gasteiger partial charge in [-0.25, -0.2) is 0 Å². The van der Waals surface area contributed by atoms with E-state index in [9.17, 15) is 19.5 Å². The lowest BCUT2D eigenvalue weighted by atomic mass is 10.1. The molecule has 8 heteroatoms. The smallest absolute Gasteiger partial charge is 0.253 e. The molecule has 0 radical (unpaired) electrons. The number of nitrogens with zero attached hydrogens (tertiary/aromatic N) is 3. The molecule has 0 atom stereocenters. The molecule has 0 aromatic heterocycles. The van der Waals surface area contributed by atoms with Crippen LogP contribution < -0.4 is 5.32 Å². The molecule has 148 valence electrons. The number of para-hydroxylation sites is 1. The Morgan fingerprint density at radius 3 is 2.34 bits per heavy atom. The molecule has 2 aromatic rings. The van der Waals surface area contributed by atoms with E-state index in [4.69, 9.17) is 0 Å². The van der Waals surface area contributed by atoms with Crippen molar-refractivity contribution < 1.29 is 19.5 Å². The molecule has 0 spiro atoms. The predicted octanol–water partition coefficient (Wildman–Crippen LogP) is 2.78. The van der Waals surface area contributed by atoms with Crippen LogP contribution in [0.25, 0.3) is 0 Å². The van der Waals surface area contributed by atoms with Crippen LogP contribution in [-0.2, 0) is 20.8 Å². The summed E-state index contributed by atoms with van der Waals surface area (Å²) in [6.07, 6.45) is 3.27. The topological polar surface area (TPSA) is 111 Å². The summed E-state index contributed by atoms with van der Waals surface area (Å²) in [5, 5.41) is 20.5. The van der Waals surface area contributed by atoms with Crippen LogP contribution in [0, 0.1) is 0 Å². The summed E-state index contributed by atoms with van der Waals surface area (Å²) in [7, 11) is 0. The fourth-order valence-corrected chi connectivity index (χ4v) is 2.69. The van der Waals surface area contributed by atoms with Crippen molar-refractivity contribution in [3.63, 3.8) is 0 Å². The highest BCUT2D eigenvalue weighted by atomic mass is 16.3. The molecule has 3 amide bonds. The number of rotatable bonds is 8. The Morgan fingerprint density at radius 1 is 0.966 bits per heavy atom. The molecule has 1 aliphatic rings. The van der Waals surface area contributed by atoms with Gasteiger partial charge in [0.2, 0.25) is 5.91 Å². The molecule has 3 rings (SSSR count). The molecule has 0 saturated heterocycles. The van der Waals surface area contributed by atoms with Crippen molar-refractivity contribution in [2.45, 2.75) is 12.8 Å². The monoisotopic (exact) mass is 392 g/mol. The fraction of sp³-hybridized carbons (Fsp3) is 0.190. The third-order valence-electron chi connectivity index (χ3n) is 4.29. The van der Waals surface area contributed by atoms with Gasteiger partial charge in [0.25, 0.3) is 11.8 Å². The van der Waals surface area contributed by atoms with Crippen LogP contribution >= 0.6 is 0 Å². The molecule has 8 nitrogen and oxygen atoms in total. The molecule has 1 aliphatic heterocycles. The average Bonchev–Trinajstić information content (AvgIpc) is 3.04. The van der Waals surface area contributed by atoms with Gasteiger partial charge in [-0.1, -0.05) is 24.3 Å². The number of carbonyl (C=O) groups excluding carboxylic acids is 3. The van der Waals surface area contributed by atoms with Crippen LogP contribution in [0.2, 0.25) is 0 Å². The Bertz CT molecular complexity index is 949. The maximum absolute atomic E-state index is 11.9. The fourth-order valence-electron chi connectivity index (χ4n) is 2.69. The Labute approximate surface area is 167 Å². The van der Waals surface area contributed by atoms with Gasteiger partial charge in [0.05, 0.1) is 5.69 Å². The van der Waals surface area contributed by atoms with Gasteiger partial charge in [-0.2, -0.15) is 5.11 Å². The Balaban J connectivity index is 1.41. The number of carbonyl (C=O) groups is 3. The largest absolute Gasteiger partial charge is 0.506 e. The molecule has 0 saturated carbocycles. The Morgan fingerprint density at radius 2 is 1.66 bits per heavy atom. The summed E-state index contributed by atoms with van der Waals surface area (Å²) in [5.41, 5.74) is 1.99. The normalized spacial score (nSPS) is 13.4. The van der Waals surface area contributed by atoms with Crippen molar-refractivity contribution in [3.8, 4) is 5.75 Å². The lowest BCUT2D eigenvalue weighted by Gasteiger charge is -2.13. The molecule has 2 aromatic carbocycles. The first kappa shape index (κ1) is 19.9. The second-order valence-corrected chi connectivity index (χ2v) is 6.37. The minimum Gasteiger partial charge on any atom is -0.506 e. The number of phenolic OH excluding ortho intramolecular Hbond substituents is 1. The van der Waals surface area contributed by atoms with Crippen LogP contribution in [0.4, 0.5) is 11.4 Å². The number of azo groups is 1. The first-order valence-corrected chi connectivity index (χ1v) is 9.12. The summed E-state index contributed by atoms with van der Waals surface area (Å²) in [6.45, 7) is 0.386. The van der Waals surface area contributed by atoms with E-state index in [0.29, 0.717) is 24.2 Å². The number of amides is 3. The van der Waals surface area contributed by atoms with Gasteiger partial charge in [0.15, 0.2) is 0 Å². The van der Waals surface area contributed by atoms with E-state index < -0.39 is 0 Å². The number of hydrogen-bond donors (Lipinski definition) is 2. The molecule has 2 N–H and O–H groups in total. The second-order valence-electron chi connectivity index (χ2n) is 6.37. The van der Waals surface area contributed by atoms with Crippen LogP contribution in [0.5, 0.6) is 5.75 Å². The molecular formula is C21H20N4O4. The van der Waals surface area contributed by atoms with E-state index in [2.05, 4.69) is 15.5 Å². The zero-order valence-electron chi connectivity index (χ0n) is 15.6. The zero-order valence-corrected chi connectivity index (χ0v) is 15.6. The first-order valence-electron chi connectivity index (χ1n) is 9.12. The predicted molar refractivity (Wildman–Crippen MR) is 106 cm³/mol. The van der Waals surface area contributed by atoms with Crippen molar-refractivity contribution in [2.24, 2.45) is 10.2 Å². The number of aryl methyl sites for hydroxylation is 1. The van der Waals surface area contributed by atoms with Crippen molar-refractivity contribution in [3.05, 3.63) is 66.2 Å². The van der Waals surface area contributed by atoms with Gasteiger partial charge < -0.3 is 10.4 Å². The van der Waals surface area contributed by atoms with E-state index in [1.807, 2.05) is 12.1 Å². The molecule has 1 heterocycles. The van der Waals surface area contributed by atoms with Crippen LogP contribution in [0.3, 0.4) is 0 Å². The van der Waals surface area contributed by atoms with Crippen molar-refractivity contribution in [1.82, 2.24) is 10.2 Å². The van der Waals surface area contributed by atoms with Gasteiger partial charge in [-0.05, 0) is 36.2 Å². The third-order valence-corrected chi connectivity index (χ3v) is 4.29. The van der Waals surface area contributed by atoms with Crippen LogP contribution in [0.15, 0.2) is 70.9 Å². The maximum Gasteiger partial charge on any atom is 0.253 e. The van der Waals surface area contributed by atoms with E-state index in [0.717, 1.165) is 10.5 Å². The minimum atomic E-state index is -0.357. The molecule has 0 bridgehead atoms. The summed E-state index contributed by atoms with van der Waals surface area (Å²) in [4.78, 5) is 35.9. The van der Waals surface area contributed by atoms with Crippen molar-refractivity contribution in [1.29, 1.82) is 0 Å². The highest BCUT2D eigenvalue weighted by molar-refractivity contribution is 6.12. The van der Waals surface area contributed by atoms with Crippen LogP contribution in [0.1, 0.15) is 12.0 Å². The van der Waals surface area contributed by atoms with Crippen molar-refractivity contribution >= 4 is 29.1 Å². The number of imide groups is 1. The average molecular weight is 392 g/mol. The highest BCUT2D eigenvalue weighted by Crippen LogP contribution is 2.27. The summed E-state index contributed by atoms with van der Waals surface area (Å²) in [5.74, 6) is -0.804. The number of aromatic hydroxyl groups is 1. The maximum atomic E-state index is 11.9. The summed E-state index contributed by atoms with van der Waals surface area (Å²) < 4.78 is 0. The number of benzene rings is 2. The Kier molecular flexibility index (Phi) is 6.47. The quantitative estimate of drug-likeness (QED) is 0.531. The SMILES string of the molecule is O=C(CCc1ccc(N=Nc2ccccc2O)cc1)NCCN1C(=O)C=CC1=O. The van der Waals surface area contributed by atoms with Gasteiger partial charge in [-0.3, -0.25) is 19.3 Å². The van der Waals surface area contributed by atoms with Crippen LogP contribution in [-0.4, -0.2) is 40.8 Å². The van der Waals surface area contributed by atoms with Gasteiger partial charge >= 0.3 is 0 Å². The second kappa shape index (κ2) is 9.41. The number of hydrogen-bond acceptors (Lipinski definition) is 6. The Hall–Kier alpha value is -3.81. The standard InChI is InChI=1S/C21H20N4O4/c26-18-4-2-1-3-17(18)24-23-16-8-5-15(6-9-16)7-10-19(27)22-13-14-25-20(28)11-12-21(25)29/h1-6,8-9,11-12,26H,7,10,13-14H2,(H,22,27). The highest BCUT2D eigenvalue weighted by Gasteiger charge is 2.22. The van der Waals surface area contributed by atoms with E-state index in [-0.39, 0.29) is 36.6 Å². The van der Waals surface area contributed by atoms with E-state index in [1.54, 1.807) is 36.4 Å². The lowest BCUT2D eigenvalue weighted by Crippen LogP contribution is -2.38. The zero-order chi connectivity index (χ0) is 20.6. The summed E-state index contributed by atoms with van der Waals surface area (Å²) in [6, 6.07) is 14.0. The third kappa shape index (κ3) is 5.58. The van der Waals surface area contributed by atoms with Crippen molar-refractivity contribution in [2.75, 3.05) is 13.1 Å². The van der Waals surface area contributed by atoms with E-state index in [1.165, 1.54) is 12.2 Å². The number of phenols is 1. The first-order chi connectivity index (χ1) is 14.0. The molecule has 0 unspecified atom stereocenters. The molecule has 0 aliphatic carbocycles. The van der Waals surface area contributed by atoms with Gasteiger partial charge in [0.1, 0.15) is 11.4 Å².